The van der Waals surface area contributed by atoms with E-state index in [1.165, 1.54) is 18.2 Å². The molecular formula is C28H30F3N3O4S. The molecule has 0 aliphatic rings. The Bertz CT molecular complexity index is 1420. The highest BCUT2D eigenvalue weighted by Gasteiger charge is 2.33. The SMILES string of the molecule is CC(C)NC(=O)C(Cc1ccccc1)N(Cc1ccccc1F)C(=O)CN(c1ccc(F)c(F)c1)S(C)(=O)=O. The van der Waals surface area contributed by atoms with E-state index in [1.54, 1.807) is 50.2 Å². The summed E-state index contributed by atoms with van der Waals surface area (Å²) in [7, 11) is -4.16. The largest absolute Gasteiger partial charge is 0.352 e. The molecule has 3 rings (SSSR count). The molecule has 1 atom stereocenters. The fourth-order valence-corrected chi connectivity index (χ4v) is 4.84. The van der Waals surface area contributed by atoms with E-state index in [0.29, 0.717) is 15.9 Å². The summed E-state index contributed by atoms with van der Waals surface area (Å²) in [5.41, 5.74) is 0.551. The first-order valence-electron chi connectivity index (χ1n) is 12.2. The molecule has 11 heteroatoms. The van der Waals surface area contributed by atoms with Crippen LogP contribution in [0.1, 0.15) is 25.0 Å². The number of amides is 2. The maximum absolute atomic E-state index is 14.7. The van der Waals surface area contributed by atoms with Crippen LogP contribution in [0.5, 0.6) is 0 Å². The van der Waals surface area contributed by atoms with Crippen LogP contribution in [0.4, 0.5) is 18.9 Å². The molecule has 0 bridgehead atoms. The molecule has 1 N–H and O–H groups in total. The number of hydrogen-bond donors (Lipinski definition) is 1. The molecule has 208 valence electrons. The molecule has 0 aliphatic heterocycles. The van der Waals surface area contributed by atoms with Crippen LogP contribution in [-0.4, -0.2) is 50.0 Å². The minimum absolute atomic E-state index is 0.0592. The van der Waals surface area contributed by atoms with Gasteiger partial charge in [-0.1, -0.05) is 48.5 Å². The fraction of sp³-hybridized carbons (Fsp3) is 0.286. The van der Waals surface area contributed by atoms with Gasteiger partial charge in [-0.25, -0.2) is 21.6 Å². The van der Waals surface area contributed by atoms with Crippen molar-refractivity contribution in [3.05, 3.63) is 101 Å². The molecule has 1 unspecified atom stereocenters. The van der Waals surface area contributed by atoms with Crippen molar-refractivity contribution in [2.75, 3.05) is 17.1 Å². The van der Waals surface area contributed by atoms with Gasteiger partial charge in [-0.05, 0) is 37.6 Å². The lowest BCUT2D eigenvalue weighted by Crippen LogP contribution is -2.54. The van der Waals surface area contributed by atoms with E-state index in [9.17, 15) is 31.2 Å². The zero-order valence-electron chi connectivity index (χ0n) is 21.8. The number of nitrogens with one attached hydrogen (secondary N) is 1. The number of rotatable bonds is 11. The highest BCUT2D eigenvalue weighted by molar-refractivity contribution is 7.92. The lowest BCUT2D eigenvalue weighted by molar-refractivity contribution is -0.140. The number of carbonyl (C=O) groups excluding carboxylic acids is 2. The first-order valence-corrected chi connectivity index (χ1v) is 14.0. The molecule has 2 amide bonds. The number of halogens is 3. The van der Waals surface area contributed by atoms with Gasteiger partial charge in [-0.3, -0.25) is 13.9 Å². The Balaban J connectivity index is 2.08. The monoisotopic (exact) mass is 561 g/mol. The van der Waals surface area contributed by atoms with E-state index in [1.807, 2.05) is 0 Å². The van der Waals surface area contributed by atoms with Crippen LogP contribution in [0.3, 0.4) is 0 Å². The van der Waals surface area contributed by atoms with Gasteiger partial charge in [0, 0.05) is 30.6 Å². The van der Waals surface area contributed by atoms with Crippen LogP contribution in [0, 0.1) is 17.5 Å². The number of carbonyl (C=O) groups is 2. The summed E-state index contributed by atoms with van der Waals surface area (Å²) in [5, 5.41) is 2.78. The highest BCUT2D eigenvalue weighted by atomic mass is 32.2. The molecule has 3 aromatic carbocycles. The molecule has 0 saturated carbocycles. The van der Waals surface area contributed by atoms with Gasteiger partial charge in [0.05, 0.1) is 11.9 Å². The second-order valence-electron chi connectivity index (χ2n) is 9.35. The average Bonchev–Trinajstić information content (AvgIpc) is 2.87. The zero-order valence-corrected chi connectivity index (χ0v) is 22.6. The third kappa shape index (κ3) is 8.06. The van der Waals surface area contributed by atoms with E-state index in [2.05, 4.69) is 5.32 Å². The van der Waals surface area contributed by atoms with Gasteiger partial charge in [0.25, 0.3) is 0 Å². The van der Waals surface area contributed by atoms with Crippen molar-refractivity contribution in [3.8, 4) is 0 Å². The number of hydrogen-bond acceptors (Lipinski definition) is 4. The van der Waals surface area contributed by atoms with Crippen molar-refractivity contribution in [1.29, 1.82) is 0 Å². The first-order chi connectivity index (χ1) is 18.4. The van der Waals surface area contributed by atoms with Crippen LogP contribution in [0.25, 0.3) is 0 Å². The standard InChI is InChI=1S/C28H30F3N3O4S/c1-19(2)32-28(36)26(15-20-9-5-4-6-10-20)33(17-21-11-7-8-12-23(21)29)27(35)18-34(39(3,37)38)22-13-14-24(30)25(31)16-22/h4-14,16,19,26H,15,17-18H2,1-3H3,(H,32,36). The molecule has 0 radical (unpaired) electrons. The molecule has 0 spiro atoms. The molecule has 0 saturated heterocycles. The summed E-state index contributed by atoms with van der Waals surface area (Å²) >= 11 is 0. The maximum Gasteiger partial charge on any atom is 0.244 e. The Morgan fingerprint density at radius 1 is 0.872 bits per heavy atom. The van der Waals surface area contributed by atoms with Gasteiger partial charge < -0.3 is 10.2 Å². The second-order valence-corrected chi connectivity index (χ2v) is 11.3. The van der Waals surface area contributed by atoms with E-state index in [-0.39, 0.29) is 30.3 Å². The Hall–Kier alpha value is -3.86. The second kappa shape index (κ2) is 12.8. The highest BCUT2D eigenvalue weighted by Crippen LogP contribution is 2.23. The summed E-state index contributed by atoms with van der Waals surface area (Å²) in [6.07, 6.45) is 0.874. The summed E-state index contributed by atoms with van der Waals surface area (Å²) in [6, 6.07) is 15.6. The number of nitrogens with zero attached hydrogens (tertiary/aromatic N) is 2. The van der Waals surface area contributed by atoms with Gasteiger partial charge in [-0.2, -0.15) is 0 Å². The van der Waals surface area contributed by atoms with Gasteiger partial charge in [-0.15, -0.1) is 0 Å². The number of benzene rings is 3. The van der Waals surface area contributed by atoms with E-state index in [0.717, 1.165) is 23.3 Å². The number of anilines is 1. The molecule has 0 aromatic heterocycles. The lowest BCUT2D eigenvalue weighted by Gasteiger charge is -2.34. The third-order valence-electron chi connectivity index (χ3n) is 5.87. The Kier molecular flexibility index (Phi) is 9.74. The van der Waals surface area contributed by atoms with Crippen LogP contribution in [-0.2, 0) is 32.6 Å². The Morgan fingerprint density at radius 2 is 1.51 bits per heavy atom. The molecule has 0 fully saturated rings. The fourth-order valence-electron chi connectivity index (χ4n) is 4.00. The van der Waals surface area contributed by atoms with Crippen molar-refractivity contribution in [2.24, 2.45) is 0 Å². The van der Waals surface area contributed by atoms with Crippen LogP contribution in [0.2, 0.25) is 0 Å². The van der Waals surface area contributed by atoms with Crippen LogP contribution in [0.15, 0.2) is 72.8 Å². The van der Waals surface area contributed by atoms with Crippen molar-refractivity contribution in [3.63, 3.8) is 0 Å². The Morgan fingerprint density at radius 3 is 2.10 bits per heavy atom. The number of sulfonamides is 1. The van der Waals surface area contributed by atoms with Crippen molar-refractivity contribution >= 4 is 27.5 Å². The zero-order chi connectivity index (χ0) is 28.7. The molecule has 3 aromatic rings. The molecule has 0 aliphatic carbocycles. The maximum atomic E-state index is 14.7. The predicted octanol–water partition coefficient (Wildman–Crippen LogP) is 4.03. The van der Waals surface area contributed by atoms with Crippen LogP contribution >= 0.6 is 0 Å². The average molecular weight is 562 g/mol. The van der Waals surface area contributed by atoms with Crippen molar-refractivity contribution < 1.29 is 31.2 Å². The minimum Gasteiger partial charge on any atom is -0.352 e. The smallest absolute Gasteiger partial charge is 0.244 e. The first kappa shape index (κ1) is 29.7. The van der Waals surface area contributed by atoms with E-state index >= 15 is 0 Å². The van der Waals surface area contributed by atoms with E-state index in [4.69, 9.17) is 0 Å². The normalized spacial score (nSPS) is 12.2. The topological polar surface area (TPSA) is 86.8 Å². The van der Waals surface area contributed by atoms with Crippen molar-refractivity contribution in [2.45, 2.75) is 38.9 Å². The summed E-state index contributed by atoms with van der Waals surface area (Å²) < 4.78 is 68.1. The Labute approximate surface area is 226 Å². The molecule has 39 heavy (non-hydrogen) atoms. The van der Waals surface area contributed by atoms with Gasteiger partial charge >= 0.3 is 0 Å². The van der Waals surface area contributed by atoms with E-state index < -0.39 is 51.9 Å². The summed E-state index contributed by atoms with van der Waals surface area (Å²) in [5.74, 6) is -4.45. The summed E-state index contributed by atoms with van der Waals surface area (Å²) in [6.45, 7) is 2.31. The molecule has 0 heterocycles. The summed E-state index contributed by atoms with van der Waals surface area (Å²) in [4.78, 5) is 28.3. The minimum atomic E-state index is -4.16. The molecule has 7 nitrogen and oxygen atoms in total. The van der Waals surface area contributed by atoms with Gasteiger partial charge in [0.2, 0.25) is 21.8 Å². The third-order valence-corrected chi connectivity index (χ3v) is 7.01. The predicted molar refractivity (Wildman–Crippen MR) is 143 cm³/mol. The van der Waals surface area contributed by atoms with Crippen LogP contribution < -0.4 is 9.62 Å². The van der Waals surface area contributed by atoms with Gasteiger partial charge in [0.15, 0.2) is 11.6 Å². The quantitative estimate of drug-likeness (QED) is 0.383. The molecular weight excluding hydrogens is 531 g/mol. The van der Waals surface area contributed by atoms with Crippen molar-refractivity contribution in [1.82, 2.24) is 10.2 Å². The van der Waals surface area contributed by atoms with Gasteiger partial charge in [0.1, 0.15) is 18.4 Å². The lowest BCUT2D eigenvalue weighted by atomic mass is 10.0.